The quantitative estimate of drug-likeness (QED) is 0.192. The summed E-state index contributed by atoms with van der Waals surface area (Å²) in [7, 11) is 0. The summed E-state index contributed by atoms with van der Waals surface area (Å²) in [5, 5.41) is 37.0. The molecule has 2 heterocycles. The number of hydrogen-bond acceptors (Lipinski definition) is 10. The zero-order valence-electron chi connectivity index (χ0n) is 23.3. The fourth-order valence-corrected chi connectivity index (χ4v) is 4.85. The lowest BCUT2D eigenvalue weighted by molar-refractivity contribution is 0.0211. The zero-order valence-corrected chi connectivity index (χ0v) is 23.3. The second-order valence-electron chi connectivity index (χ2n) is 10.6. The minimum Gasteiger partial charge on any atom is -0.444 e. The maximum Gasteiger partial charge on any atom is 0.410 e. The van der Waals surface area contributed by atoms with Gasteiger partial charge in [0.25, 0.3) is 0 Å². The molecule has 0 spiro atoms. The number of amides is 1. The van der Waals surface area contributed by atoms with Crippen LogP contribution in [-0.2, 0) is 11.3 Å². The molecule has 3 aromatic rings. The SMILES string of the molecule is CC(C)(C)OC(=O)N(CCO)CCn1nc2c3c(c(NCCN(CCO)CCO)ccc31)C(=O)c1ccncc1-2. The van der Waals surface area contributed by atoms with Gasteiger partial charge in [0.15, 0.2) is 5.78 Å². The first-order chi connectivity index (χ1) is 19.2. The molecule has 0 aliphatic heterocycles. The summed E-state index contributed by atoms with van der Waals surface area (Å²) >= 11 is 0. The van der Waals surface area contributed by atoms with E-state index in [0.717, 1.165) is 5.52 Å². The molecule has 0 fully saturated rings. The van der Waals surface area contributed by atoms with Gasteiger partial charge in [-0.3, -0.25) is 19.4 Å². The Morgan fingerprint density at radius 3 is 2.40 bits per heavy atom. The van der Waals surface area contributed by atoms with E-state index in [1.807, 2.05) is 17.0 Å². The normalized spacial score (nSPS) is 12.6. The van der Waals surface area contributed by atoms with Gasteiger partial charge in [0.2, 0.25) is 0 Å². The standard InChI is InChI=1S/C28H38N6O6/c1-28(2,3)40-27(39)33(14-17-37)10-11-34-22-5-4-21(30-8-9-32(12-15-35)13-16-36)23-24(22)25(31-34)20-18-29-7-6-19(20)26(23)38/h4-7,18,30,35-37H,8-17H2,1-3H3. The smallest absolute Gasteiger partial charge is 0.410 e. The predicted octanol–water partition coefficient (Wildman–Crippen LogP) is 1.57. The number of nitrogens with one attached hydrogen (secondary N) is 1. The van der Waals surface area contributed by atoms with Crippen LogP contribution in [0.1, 0.15) is 36.7 Å². The van der Waals surface area contributed by atoms with E-state index in [2.05, 4.69) is 10.3 Å². The monoisotopic (exact) mass is 554 g/mol. The summed E-state index contributed by atoms with van der Waals surface area (Å²) in [6.45, 7) is 7.81. The molecular formula is C28H38N6O6. The number of carbonyl (C=O) groups excluding carboxylic acids is 2. The van der Waals surface area contributed by atoms with Crippen molar-refractivity contribution in [3.63, 3.8) is 0 Å². The van der Waals surface area contributed by atoms with Crippen molar-refractivity contribution >= 4 is 28.5 Å². The molecule has 1 aliphatic rings. The Bertz CT molecular complexity index is 1350. The molecule has 4 N–H and O–H groups in total. The number of ether oxygens (including phenoxy) is 1. The van der Waals surface area contributed by atoms with Crippen LogP contribution in [0.4, 0.5) is 10.5 Å². The van der Waals surface area contributed by atoms with Crippen molar-refractivity contribution < 1.29 is 29.6 Å². The van der Waals surface area contributed by atoms with Gasteiger partial charge in [0, 0.05) is 73.9 Å². The van der Waals surface area contributed by atoms with Crippen LogP contribution in [0.15, 0.2) is 30.6 Å². The Kier molecular flexibility index (Phi) is 9.36. The number of ketones is 1. The maximum atomic E-state index is 13.7. The maximum absolute atomic E-state index is 13.7. The number of pyridine rings is 1. The first kappa shape index (κ1) is 29.4. The van der Waals surface area contributed by atoms with E-state index < -0.39 is 11.7 Å². The van der Waals surface area contributed by atoms with Crippen LogP contribution in [0.25, 0.3) is 22.2 Å². The summed E-state index contributed by atoms with van der Waals surface area (Å²) in [6, 6.07) is 5.44. The number of nitrogens with zero attached hydrogens (tertiary/aromatic N) is 5. The average molecular weight is 555 g/mol. The Morgan fingerprint density at radius 1 is 1.00 bits per heavy atom. The fraction of sp³-hybridized carbons (Fsp3) is 0.500. The van der Waals surface area contributed by atoms with Gasteiger partial charge in [0.05, 0.1) is 37.4 Å². The highest BCUT2D eigenvalue weighted by atomic mass is 16.6. The van der Waals surface area contributed by atoms with E-state index in [9.17, 15) is 24.9 Å². The summed E-state index contributed by atoms with van der Waals surface area (Å²) in [5.74, 6) is -0.129. The van der Waals surface area contributed by atoms with Crippen LogP contribution in [0.3, 0.4) is 0 Å². The van der Waals surface area contributed by atoms with Gasteiger partial charge in [-0.2, -0.15) is 5.10 Å². The summed E-state index contributed by atoms with van der Waals surface area (Å²) in [5.41, 5.74) is 3.08. The van der Waals surface area contributed by atoms with Crippen molar-refractivity contribution in [3.8, 4) is 11.3 Å². The Labute approximate surface area is 233 Å². The number of aromatic nitrogens is 3. The lowest BCUT2D eigenvalue weighted by Crippen LogP contribution is -2.40. The van der Waals surface area contributed by atoms with Gasteiger partial charge < -0.3 is 30.3 Å². The second-order valence-corrected chi connectivity index (χ2v) is 10.6. The lowest BCUT2D eigenvalue weighted by atomic mass is 9.87. The van der Waals surface area contributed by atoms with Crippen molar-refractivity contribution in [2.24, 2.45) is 0 Å². The van der Waals surface area contributed by atoms with Crippen molar-refractivity contribution in [2.75, 3.05) is 64.4 Å². The van der Waals surface area contributed by atoms with Gasteiger partial charge in [0.1, 0.15) is 11.3 Å². The Morgan fingerprint density at radius 2 is 1.73 bits per heavy atom. The molecule has 0 saturated carbocycles. The minimum atomic E-state index is -0.669. The van der Waals surface area contributed by atoms with Crippen LogP contribution in [0.5, 0.6) is 0 Å². The largest absolute Gasteiger partial charge is 0.444 e. The lowest BCUT2D eigenvalue weighted by Gasteiger charge is -2.27. The molecule has 4 rings (SSSR count). The molecule has 2 aromatic heterocycles. The molecule has 1 aromatic carbocycles. The van der Waals surface area contributed by atoms with Crippen molar-refractivity contribution in [1.82, 2.24) is 24.6 Å². The molecule has 216 valence electrons. The van der Waals surface area contributed by atoms with Gasteiger partial charge in [-0.1, -0.05) is 0 Å². The molecule has 40 heavy (non-hydrogen) atoms. The number of aliphatic hydroxyl groups is 3. The highest BCUT2D eigenvalue weighted by molar-refractivity contribution is 6.27. The number of benzene rings is 1. The molecule has 12 nitrogen and oxygen atoms in total. The summed E-state index contributed by atoms with van der Waals surface area (Å²) in [6.07, 6.45) is 2.71. The van der Waals surface area contributed by atoms with Crippen molar-refractivity contribution in [2.45, 2.75) is 32.9 Å². The number of carbonyl (C=O) groups is 2. The van der Waals surface area contributed by atoms with E-state index in [4.69, 9.17) is 9.84 Å². The molecular weight excluding hydrogens is 516 g/mol. The van der Waals surface area contributed by atoms with E-state index in [-0.39, 0.29) is 38.7 Å². The van der Waals surface area contributed by atoms with E-state index in [1.165, 1.54) is 4.90 Å². The molecule has 1 amide bonds. The van der Waals surface area contributed by atoms with Gasteiger partial charge in [-0.25, -0.2) is 4.79 Å². The Balaban J connectivity index is 1.66. The average Bonchev–Trinajstić information content (AvgIpc) is 3.28. The zero-order chi connectivity index (χ0) is 28.9. The van der Waals surface area contributed by atoms with Crippen LogP contribution in [0.2, 0.25) is 0 Å². The summed E-state index contributed by atoms with van der Waals surface area (Å²) < 4.78 is 7.27. The number of anilines is 1. The number of fused-ring (bicyclic) bond motifs is 2. The van der Waals surface area contributed by atoms with E-state index in [0.29, 0.717) is 66.2 Å². The molecule has 0 radical (unpaired) electrons. The topological polar surface area (TPSA) is 153 Å². The molecule has 0 bridgehead atoms. The van der Waals surface area contributed by atoms with E-state index >= 15 is 0 Å². The third kappa shape index (κ3) is 6.41. The van der Waals surface area contributed by atoms with Crippen molar-refractivity contribution in [3.05, 3.63) is 41.7 Å². The third-order valence-electron chi connectivity index (χ3n) is 6.65. The summed E-state index contributed by atoms with van der Waals surface area (Å²) in [4.78, 5) is 34.0. The van der Waals surface area contributed by atoms with Crippen LogP contribution < -0.4 is 5.32 Å². The van der Waals surface area contributed by atoms with E-state index in [1.54, 1.807) is 43.9 Å². The van der Waals surface area contributed by atoms with Crippen molar-refractivity contribution in [1.29, 1.82) is 0 Å². The highest BCUT2D eigenvalue weighted by Crippen LogP contribution is 2.41. The first-order valence-electron chi connectivity index (χ1n) is 13.5. The molecule has 1 aliphatic carbocycles. The second kappa shape index (κ2) is 12.7. The number of aliphatic hydroxyl groups excluding tert-OH is 3. The first-order valence-corrected chi connectivity index (χ1v) is 13.5. The predicted molar refractivity (Wildman–Crippen MR) is 150 cm³/mol. The van der Waals surface area contributed by atoms with Crippen LogP contribution >= 0.6 is 0 Å². The van der Waals surface area contributed by atoms with Gasteiger partial charge in [-0.15, -0.1) is 0 Å². The number of hydrogen-bond donors (Lipinski definition) is 4. The Hall–Kier alpha value is -3.58. The minimum absolute atomic E-state index is 0.00722. The molecule has 12 heteroatoms. The number of rotatable bonds is 13. The molecule has 0 unspecified atom stereocenters. The fourth-order valence-electron chi connectivity index (χ4n) is 4.85. The van der Waals surface area contributed by atoms with Gasteiger partial charge in [-0.05, 0) is 39.0 Å². The van der Waals surface area contributed by atoms with Crippen LogP contribution in [-0.4, -0.2) is 116 Å². The third-order valence-corrected chi connectivity index (χ3v) is 6.65. The van der Waals surface area contributed by atoms with Gasteiger partial charge >= 0.3 is 6.09 Å². The molecule has 0 atom stereocenters. The molecule has 0 saturated heterocycles. The highest BCUT2D eigenvalue weighted by Gasteiger charge is 2.31. The van der Waals surface area contributed by atoms with Crippen LogP contribution in [0, 0.1) is 0 Å².